The molecular weight excluding hydrogens is 493 g/mol. The smallest absolute Gasteiger partial charge is 0.416 e. The maximum atomic E-state index is 13.0. The Hall–Kier alpha value is -4.42. The van der Waals surface area contributed by atoms with Crippen LogP contribution in [-0.4, -0.2) is 59.8 Å². The van der Waals surface area contributed by atoms with Crippen molar-refractivity contribution in [2.75, 3.05) is 24.2 Å². The van der Waals surface area contributed by atoms with E-state index in [0.717, 1.165) is 18.2 Å². The Balaban J connectivity index is 1.67. The third-order valence-electron chi connectivity index (χ3n) is 5.44. The van der Waals surface area contributed by atoms with Crippen LogP contribution in [0.2, 0.25) is 0 Å². The molecular formula is C24H25F3N6O4. The third-order valence-corrected chi connectivity index (χ3v) is 5.44. The van der Waals surface area contributed by atoms with Crippen LogP contribution in [0, 0.1) is 6.92 Å². The summed E-state index contributed by atoms with van der Waals surface area (Å²) in [5.74, 6) is -1.20. The average Bonchev–Trinajstić information content (AvgIpc) is 2.85. The number of anilines is 2. The van der Waals surface area contributed by atoms with Crippen molar-refractivity contribution in [1.29, 1.82) is 0 Å². The summed E-state index contributed by atoms with van der Waals surface area (Å²) in [6.07, 6.45) is -3.65. The topological polar surface area (TPSA) is 135 Å². The Morgan fingerprint density at radius 2 is 1.95 bits per heavy atom. The Kier molecular flexibility index (Phi) is 8.48. The number of hydrogen-bond donors (Lipinski definition) is 4. The van der Waals surface area contributed by atoms with E-state index in [0.29, 0.717) is 17.1 Å². The van der Waals surface area contributed by atoms with Gasteiger partial charge in [-0.2, -0.15) is 13.2 Å². The second kappa shape index (κ2) is 11.5. The summed E-state index contributed by atoms with van der Waals surface area (Å²) in [5, 5.41) is 16.9. The van der Waals surface area contributed by atoms with E-state index in [2.05, 4.69) is 25.9 Å². The highest BCUT2D eigenvalue weighted by molar-refractivity contribution is 6.05. The highest BCUT2D eigenvalue weighted by Gasteiger charge is 2.31. The van der Waals surface area contributed by atoms with Crippen molar-refractivity contribution in [2.24, 2.45) is 9.98 Å². The number of carbonyl (C=O) groups excluding carboxylic acids is 2. The highest BCUT2D eigenvalue weighted by atomic mass is 19.4. The zero-order valence-electron chi connectivity index (χ0n) is 20.0. The predicted octanol–water partition coefficient (Wildman–Crippen LogP) is 3.95. The number of aryl methyl sites for hydroxylation is 1. The number of carboxylic acids is 1. The maximum absolute atomic E-state index is 13.0. The van der Waals surface area contributed by atoms with Gasteiger partial charge in [-0.15, -0.1) is 0 Å². The molecule has 0 spiro atoms. The van der Waals surface area contributed by atoms with E-state index in [9.17, 15) is 27.6 Å². The van der Waals surface area contributed by atoms with Crippen molar-refractivity contribution in [3.8, 4) is 0 Å². The van der Waals surface area contributed by atoms with Crippen molar-refractivity contribution in [2.45, 2.75) is 32.1 Å². The van der Waals surface area contributed by atoms with Gasteiger partial charge in [-0.25, -0.2) is 4.79 Å². The molecule has 1 unspecified atom stereocenters. The summed E-state index contributed by atoms with van der Waals surface area (Å²) in [4.78, 5) is 45.8. The van der Waals surface area contributed by atoms with E-state index >= 15 is 0 Å². The van der Waals surface area contributed by atoms with Crippen LogP contribution >= 0.6 is 0 Å². The fourth-order valence-corrected chi connectivity index (χ4v) is 3.33. The van der Waals surface area contributed by atoms with Crippen LogP contribution in [0.15, 0.2) is 52.4 Å². The van der Waals surface area contributed by atoms with E-state index in [1.165, 1.54) is 30.4 Å². The minimum Gasteiger partial charge on any atom is -0.481 e. The molecule has 0 aliphatic carbocycles. The van der Waals surface area contributed by atoms with Gasteiger partial charge >= 0.3 is 18.2 Å². The number of carbonyl (C=O) groups is 3. The fraction of sp³-hybridized carbons (Fsp3) is 0.292. The second-order valence-corrected chi connectivity index (χ2v) is 8.18. The van der Waals surface area contributed by atoms with Crippen molar-refractivity contribution in [1.82, 2.24) is 10.2 Å². The molecule has 0 fully saturated rings. The number of benzene rings is 2. The van der Waals surface area contributed by atoms with E-state index in [1.54, 1.807) is 19.1 Å². The molecule has 3 rings (SSSR count). The molecule has 37 heavy (non-hydrogen) atoms. The van der Waals surface area contributed by atoms with Crippen LogP contribution in [0.5, 0.6) is 0 Å². The molecule has 0 saturated heterocycles. The summed E-state index contributed by atoms with van der Waals surface area (Å²) < 4.78 is 38.9. The number of nitrogens with zero attached hydrogens (tertiary/aromatic N) is 3. The first-order chi connectivity index (χ1) is 17.4. The van der Waals surface area contributed by atoms with Crippen LogP contribution in [0.4, 0.5) is 29.3 Å². The van der Waals surface area contributed by atoms with Gasteiger partial charge in [0.15, 0.2) is 0 Å². The van der Waals surface area contributed by atoms with Gasteiger partial charge in [0, 0.05) is 30.4 Å². The number of carboxylic acid groups (broad SMARTS) is 1. The molecule has 4 N–H and O–H groups in total. The van der Waals surface area contributed by atoms with Gasteiger partial charge in [0.2, 0.25) is 0 Å². The molecule has 1 aliphatic heterocycles. The van der Waals surface area contributed by atoms with Gasteiger partial charge in [0.05, 0.1) is 24.9 Å². The zero-order valence-corrected chi connectivity index (χ0v) is 20.0. The molecule has 0 aromatic heterocycles. The molecule has 0 saturated carbocycles. The number of halogens is 3. The number of amidine groups is 1. The van der Waals surface area contributed by atoms with Gasteiger partial charge in [-0.05, 0) is 42.8 Å². The first kappa shape index (κ1) is 27.2. The number of rotatable bonds is 7. The molecule has 10 nitrogen and oxygen atoms in total. The van der Waals surface area contributed by atoms with Crippen LogP contribution < -0.4 is 16.0 Å². The molecule has 0 bridgehead atoms. The van der Waals surface area contributed by atoms with Gasteiger partial charge in [0.1, 0.15) is 12.0 Å². The van der Waals surface area contributed by atoms with E-state index < -0.39 is 35.8 Å². The van der Waals surface area contributed by atoms with Crippen LogP contribution in [0.1, 0.15) is 34.3 Å². The quantitative estimate of drug-likeness (QED) is 0.440. The number of aliphatic carboxylic acids is 1. The Morgan fingerprint density at radius 3 is 2.65 bits per heavy atom. The Labute approximate surface area is 210 Å². The standard InChI is InChI=1S/C24H25F3N6O4/c1-14-6-7-17(31-22(36)15-4-3-5-16(10-15)24(25,26)27)11-18(14)32-23(37)33(2)20-12-19(29-13-30-20)28-9-8-21(34)35/h3-7,10-11,13,20H,8-9,12H2,1-2H3,(H,31,36)(H,32,37)(H,34,35)(H,28,29,30). The fourth-order valence-electron chi connectivity index (χ4n) is 3.33. The SMILES string of the molecule is Cc1ccc(NC(=O)c2cccc(C(F)(F)F)c2)cc1NC(=O)N(C)C1CC(=NCCC(=O)O)NC=N1. The predicted molar refractivity (Wildman–Crippen MR) is 132 cm³/mol. The van der Waals surface area contributed by atoms with Crippen molar-refractivity contribution >= 4 is 41.5 Å². The Morgan fingerprint density at radius 1 is 1.19 bits per heavy atom. The van der Waals surface area contributed by atoms with E-state index in [1.807, 2.05) is 0 Å². The number of aliphatic imine (C=N–C) groups is 2. The van der Waals surface area contributed by atoms with Gasteiger partial charge in [-0.1, -0.05) is 12.1 Å². The lowest BCUT2D eigenvalue weighted by Crippen LogP contribution is -2.44. The van der Waals surface area contributed by atoms with E-state index in [-0.39, 0.29) is 30.6 Å². The van der Waals surface area contributed by atoms with Gasteiger partial charge in [0.25, 0.3) is 5.91 Å². The van der Waals surface area contributed by atoms with Crippen LogP contribution in [0.3, 0.4) is 0 Å². The highest BCUT2D eigenvalue weighted by Crippen LogP contribution is 2.30. The number of nitrogens with one attached hydrogen (secondary N) is 3. The van der Waals surface area contributed by atoms with Crippen LogP contribution in [0.25, 0.3) is 0 Å². The molecule has 13 heteroatoms. The molecule has 1 heterocycles. The first-order valence-electron chi connectivity index (χ1n) is 11.1. The monoisotopic (exact) mass is 518 g/mol. The largest absolute Gasteiger partial charge is 0.481 e. The minimum atomic E-state index is -4.58. The molecule has 2 aromatic rings. The summed E-state index contributed by atoms with van der Waals surface area (Å²) >= 11 is 0. The van der Waals surface area contributed by atoms with Crippen molar-refractivity contribution in [3.05, 3.63) is 59.2 Å². The molecule has 2 aromatic carbocycles. The minimum absolute atomic E-state index is 0.0896. The lowest BCUT2D eigenvalue weighted by molar-refractivity contribution is -0.138. The average molecular weight is 518 g/mol. The number of hydrogen-bond acceptors (Lipinski definition) is 5. The zero-order chi connectivity index (χ0) is 27.2. The molecule has 1 aliphatic rings. The second-order valence-electron chi connectivity index (χ2n) is 8.18. The molecule has 1 atom stereocenters. The van der Waals surface area contributed by atoms with Gasteiger partial charge < -0.3 is 26.0 Å². The number of amides is 3. The Bertz CT molecular complexity index is 1250. The number of alkyl halides is 3. The molecule has 196 valence electrons. The van der Waals surface area contributed by atoms with Crippen molar-refractivity contribution in [3.63, 3.8) is 0 Å². The molecule has 3 amide bonds. The lowest BCUT2D eigenvalue weighted by atomic mass is 10.1. The first-order valence-corrected chi connectivity index (χ1v) is 11.1. The summed E-state index contributed by atoms with van der Waals surface area (Å²) in [6, 6.07) is 8.28. The summed E-state index contributed by atoms with van der Waals surface area (Å²) in [6.45, 7) is 1.83. The normalized spacial score (nSPS) is 16.1. The van der Waals surface area contributed by atoms with Crippen molar-refractivity contribution < 1.29 is 32.7 Å². The van der Waals surface area contributed by atoms with Gasteiger partial charge in [-0.3, -0.25) is 19.6 Å². The number of urea groups is 1. The van der Waals surface area contributed by atoms with Crippen LogP contribution in [-0.2, 0) is 11.0 Å². The maximum Gasteiger partial charge on any atom is 0.416 e. The third kappa shape index (κ3) is 7.53. The molecule has 0 radical (unpaired) electrons. The lowest BCUT2D eigenvalue weighted by Gasteiger charge is -2.28. The summed E-state index contributed by atoms with van der Waals surface area (Å²) in [7, 11) is 1.53. The van der Waals surface area contributed by atoms with E-state index in [4.69, 9.17) is 5.11 Å². The summed E-state index contributed by atoms with van der Waals surface area (Å²) in [5.41, 5.74) is 0.246.